The normalized spacial score (nSPS) is 12.4. The lowest BCUT2D eigenvalue weighted by atomic mass is 10.0. The molecule has 0 saturated carbocycles. The fourth-order valence-corrected chi connectivity index (χ4v) is 11.5. The van der Waals surface area contributed by atoms with E-state index >= 15 is 35.1 Å². The molecule has 11 aromatic rings. The van der Waals surface area contributed by atoms with Crippen LogP contribution in [0.1, 0.15) is 62.3 Å². The summed E-state index contributed by atoms with van der Waals surface area (Å²) in [6, 6.07) is 32.6. The number of H-pyrrole nitrogens is 2. The highest BCUT2D eigenvalue weighted by atomic mass is 19.2. The lowest BCUT2D eigenvalue weighted by Crippen LogP contribution is -2.05. The molecule has 0 aliphatic carbocycles. The summed E-state index contributed by atoms with van der Waals surface area (Å²) in [4.78, 5) is 16.2. The first-order valence-corrected chi connectivity index (χ1v) is 26.0. The predicted molar refractivity (Wildman–Crippen MR) is 296 cm³/mol. The van der Waals surface area contributed by atoms with Gasteiger partial charge >= 0.3 is 0 Å². The number of hydrogen-bond acceptors (Lipinski definition) is 2. The number of aromatic amines is 2. The molecule has 0 radical (unpaired) electrons. The molecule has 5 aromatic heterocycles. The van der Waals surface area contributed by atoms with Crippen molar-refractivity contribution in [2.75, 3.05) is 0 Å². The summed E-state index contributed by atoms with van der Waals surface area (Å²) in [5.41, 5.74) is 1.48. The standard InChI is InChI=1S/C64H42F10N6/c1-3-5-27-79-45-13-9-7-11-33(45)35-29-31(15-25-47(35)79)49-37-17-21-41(75-37)51(53-55(65)59(69)63(73)60(70)56(53)66)43-23-19-39(77-43)50(32-16-26-48-36(30-32)34-12-8-10-14-46(34)80(48)28-6-4-2)40-20-24-44(78-40)52(42-22-18-38(49)76-42)54-57(67)61(71)64(74)62(72)58(54)68/h7-26,29-30,75,78H,3-6,27-28H2,1-2H3. The van der Waals surface area contributed by atoms with E-state index in [-0.39, 0.29) is 56.0 Å². The average Bonchev–Trinajstić information content (AvgIpc) is 4.38. The molecular weight excluding hydrogens is 1040 g/mol. The number of fused-ring (bicyclic) bond motifs is 14. The lowest BCUT2D eigenvalue weighted by Gasteiger charge is -2.11. The minimum atomic E-state index is -2.35. The molecule has 7 heterocycles. The maximum atomic E-state index is 16.5. The van der Waals surface area contributed by atoms with E-state index < -0.39 is 80.4 Å². The molecule has 0 unspecified atom stereocenters. The largest absolute Gasteiger partial charge is 0.354 e. The van der Waals surface area contributed by atoms with Crippen molar-refractivity contribution in [2.24, 2.45) is 0 Å². The highest BCUT2D eigenvalue weighted by Crippen LogP contribution is 2.44. The van der Waals surface area contributed by atoms with Crippen molar-refractivity contribution >= 4 is 90.0 Å². The van der Waals surface area contributed by atoms with Gasteiger partial charge in [-0.3, -0.25) is 0 Å². The van der Waals surface area contributed by atoms with Crippen LogP contribution in [0.5, 0.6) is 0 Å². The quantitative estimate of drug-likeness (QED) is 0.0814. The highest BCUT2D eigenvalue weighted by molar-refractivity contribution is 6.12. The van der Waals surface area contributed by atoms with Crippen LogP contribution in [0.25, 0.3) is 134 Å². The molecule has 0 saturated heterocycles. The fraction of sp³-hybridized carbons (Fsp3) is 0.125. The first-order chi connectivity index (χ1) is 38.8. The van der Waals surface area contributed by atoms with Gasteiger partial charge in [0.05, 0.1) is 33.9 Å². The maximum Gasteiger partial charge on any atom is 0.200 e. The molecule has 0 amide bonds. The van der Waals surface area contributed by atoms with Crippen LogP contribution in [0.4, 0.5) is 43.9 Å². The van der Waals surface area contributed by atoms with E-state index in [1.165, 1.54) is 48.6 Å². The van der Waals surface area contributed by atoms with E-state index in [0.29, 0.717) is 24.2 Å². The number of nitrogens with zero attached hydrogens (tertiary/aromatic N) is 4. The Bertz CT molecular complexity index is 4360. The number of para-hydroxylation sites is 2. The van der Waals surface area contributed by atoms with Gasteiger partial charge in [-0.25, -0.2) is 53.9 Å². The van der Waals surface area contributed by atoms with Crippen LogP contribution in [-0.2, 0) is 13.1 Å². The van der Waals surface area contributed by atoms with Crippen LogP contribution in [0.3, 0.4) is 0 Å². The Morgan fingerprint density at radius 2 is 0.650 bits per heavy atom. The minimum absolute atomic E-state index is 0.0906. The van der Waals surface area contributed by atoms with Crippen LogP contribution < -0.4 is 0 Å². The van der Waals surface area contributed by atoms with Gasteiger partial charge in [0, 0.05) is 101 Å². The minimum Gasteiger partial charge on any atom is -0.354 e. The molecule has 0 atom stereocenters. The SMILES string of the molecule is CCCCn1c2ccccc2c2cc(-c3c4nc(c(-c5c(F)c(F)c(F)c(F)c5F)c5ccc([nH]5)c(-c5ccc6c(c5)c5ccccc5n6CCCC)c5nc(c(-c6c(F)c(F)c(F)c(F)c6F)c6ccc3[nH]6)C=C5)C=C4)ccc21. The molecule has 6 nitrogen and oxygen atoms in total. The number of rotatable bonds is 10. The predicted octanol–water partition coefficient (Wildman–Crippen LogP) is 18.5. The van der Waals surface area contributed by atoms with E-state index in [4.69, 9.17) is 9.97 Å². The number of hydrogen-bond donors (Lipinski definition) is 2. The smallest absolute Gasteiger partial charge is 0.200 e. The Labute approximate surface area is 448 Å². The Kier molecular flexibility index (Phi) is 12.2. The first-order valence-electron chi connectivity index (χ1n) is 26.0. The molecule has 0 fully saturated rings. The molecule has 2 N–H and O–H groups in total. The molecule has 6 aromatic carbocycles. The van der Waals surface area contributed by atoms with Crippen molar-refractivity contribution in [1.82, 2.24) is 29.1 Å². The fourth-order valence-electron chi connectivity index (χ4n) is 11.5. The van der Waals surface area contributed by atoms with Gasteiger partial charge in [0.25, 0.3) is 0 Å². The van der Waals surface area contributed by atoms with Gasteiger partial charge in [0.1, 0.15) is 0 Å². The van der Waals surface area contributed by atoms with Gasteiger partial charge in [-0.15, -0.1) is 0 Å². The number of unbranched alkanes of at least 4 members (excludes halogenated alkanes) is 2. The molecule has 2 aliphatic rings. The highest BCUT2D eigenvalue weighted by Gasteiger charge is 2.32. The zero-order chi connectivity index (χ0) is 55.4. The van der Waals surface area contributed by atoms with Crippen molar-refractivity contribution in [2.45, 2.75) is 52.6 Å². The van der Waals surface area contributed by atoms with Crippen molar-refractivity contribution in [1.29, 1.82) is 0 Å². The van der Waals surface area contributed by atoms with Gasteiger partial charge in [-0.2, -0.15) is 0 Å². The zero-order valence-electron chi connectivity index (χ0n) is 42.5. The van der Waals surface area contributed by atoms with Crippen molar-refractivity contribution in [3.05, 3.63) is 190 Å². The number of nitrogens with one attached hydrogen (secondary N) is 2. The monoisotopic (exact) mass is 1080 g/mol. The van der Waals surface area contributed by atoms with E-state index in [2.05, 4.69) is 32.9 Å². The third-order valence-electron chi connectivity index (χ3n) is 15.3. The van der Waals surface area contributed by atoms with Crippen LogP contribution >= 0.6 is 0 Å². The molecular formula is C64H42F10N6. The topological polar surface area (TPSA) is 67.2 Å². The Balaban J connectivity index is 1.20. The maximum absolute atomic E-state index is 16.5. The summed E-state index contributed by atoms with van der Waals surface area (Å²) in [7, 11) is 0. The van der Waals surface area contributed by atoms with Gasteiger partial charge in [0.15, 0.2) is 46.5 Å². The second-order valence-electron chi connectivity index (χ2n) is 19.9. The number of benzene rings is 6. The van der Waals surface area contributed by atoms with Gasteiger partial charge in [0.2, 0.25) is 11.6 Å². The summed E-state index contributed by atoms with van der Waals surface area (Å²) >= 11 is 0. The van der Waals surface area contributed by atoms with Crippen molar-refractivity contribution < 1.29 is 43.9 Å². The summed E-state index contributed by atoms with van der Waals surface area (Å²) in [6.45, 7) is 5.57. The van der Waals surface area contributed by atoms with Gasteiger partial charge < -0.3 is 19.1 Å². The molecule has 2 aliphatic heterocycles. The van der Waals surface area contributed by atoms with Crippen LogP contribution in [0.2, 0.25) is 0 Å². The second-order valence-corrected chi connectivity index (χ2v) is 19.9. The zero-order valence-corrected chi connectivity index (χ0v) is 42.5. The Hall–Kier alpha value is -9.18. The molecule has 8 bridgehead atoms. The third-order valence-corrected chi connectivity index (χ3v) is 15.3. The average molecular weight is 1090 g/mol. The molecule has 0 spiro atoms. The van der Waals surface area contributed by atoms with Crippen molar-refractivity contribution in [3.63, 3.8) is 0 Å². The third kappa shape index (κ3) is 7.70. The molecule has 16 heteroatoms. The summed E-state index contributed by atoms with van der Waals surface area (Å²) in [6.07, 6.45) is 9.30. The van der Waals surface area contributed by atoms with Crippen LogP contribution in [-0.4, -0.2) is 29.1 Å². The molecule has 13 rings (SSSR count). The van der Waals surface area contributed by atoms with E-state index in [1.54, 1.807) is 12.1 Å². The summed E-state index contributed by atoms with van der Waals surface area (Å²) < 4.78 is 162. The van der Waals surface area contributed by atoms with E-state index in [1.807, 2.05) is 72.8 Å². The Morgan fingerprint density at radius 3 is 1.01 bits per heavy atom. The molecule has 398 valence electrons. The van der Waals surface area contributed by atoms with E-state index in [0.717, 1.165) is 69.3 Å². The first kappa shape index (κ1) is 50.3. The van der Waals surface area contributed by atoms with Gasteiger partial charge in [-0.05, 0) is 109 Å². The van der Waals surface area contributed by atoms with Crippen LogP contribution in [0.15, 0.2) is 109 Å². The molecule has 80 heavy (non-hydrogen) atoms. The van der Waals surface area contributed by atoms with Crippen molar-refractivity contribution in [3.8, 4) is 44.5 Å². The van der Waals surface area contributed by atoms with Gasteiger partial charge in [-0.1, -0.05) is 75.2 Å². The number of halogens is 10. The summed E-state index contributed by atoms with van der Waals surface area (Å²) in [5.74, 6) is -21.9. The Morgan fingerprint density at radius 1 is 0.338 bits per heavy atom. The number of aryl methyl sites for hydroxylation is 2. The second kappa shape index (κ2) is 19.3. The summed E-state index contributed by atoms with van der Waals surface area (Å²) in [5, 5.41) is 3.43. The van der Waals surface area contributed by atoms with Crippen LogP contribution in [0, 0.1) is 58.2 Å². The lowest BCUT2D eigenvalue weighted by molar-refractivity contribution is 0.381. The van der Waals surface area contributed by atoms with E-state index in [9.17, 15) is 8.78 Å². The number of aromatic nitrogens is 6.